The molecule has 0 amide bonds. The molecule has 8 heteroatoms. The maximum atomic E-state index is 13.8. The normalized spacial score (nSPS) is 10.6. The number of carbonyl (C=O) groups is 1. The number of H-pyrrole nitrogens is 1. The number of aromatic nitrogens is 4. The fourth-order valence-corrected chi connectivity index (χ4v) is 1.92. The third-order valence-corrected chi connectivity index (χ3v) is 2.90. The van der Waals surface area contributed by atoms with E-state index < -0.39 is 11.8 Å². The summed E-state index contributed by atoms with van der Waals surface area (Å²) in [7, 11) is 0. The standard InChI is InChI=1S/C14H11FN4O3/c1-8-17-12(19-22-8)7-21-14(20)10-6-16-18-13(10)9-4-2-3-5-11(9)15/h2-6H,7H2,1H3,(H,16,18). The van der Waals surface area contributed by atoms with Crippen LogP contribution in [0.25, 0.3) is 11.3 Å². The number of carbonyl (C=O) groups excluding carboxylic acids is 1. The van der Waals surface area contributed by atoms with Crippen LogP contribution in [0.3, 0.4) is 0 Å². The van der Waals surface area contributed by atoms with E-state index >= 15 is 0 Å². The van der Waals surface area contributed by atoms with Crippen LogP contribution in [-0.4, -0.2) is 26.3 Å². The van der Waals surface area contributed by atoms with Crippen molar-refractivity contribution in [1.29, 1.82) is 0 Å². The topological polar surface area (TPSA) is 93.9 Å². The van der Waals surface area contributed by atoms with Crippen molar-refractivity contribution in [3.8, 4) is 11.3 Å². The fourth-order valence-electron chi connectivity index (χ4n) is 1.92. The second-order valence-corrected chi connectivity index (χ2v) is 4.44. The number of esters is 1. The van der Waals surface area contributed by atoms with Crippen molar-refractivity contribution in [1.82, 2.24) is 20.3 Å². The molecule has 1 N–H and O–H groups in total. The molecule has 0 saturated carbocycles. The first-order valence-corrected chi connectivity index (χ1v) is 6.39. The monoisotopic (exact) mass is 302 g/mol. The number of aryl methyl sites for hydroxylation is 1. The van der Waals surface area contributed by atoms with Crippen LogP contribution < -0.4 is 0 Å². The molecule has 0 bridgehead atoms. The van der Waals surface area contributed by atoms with Gasteiger partial charge in [-0.15, -0.1) is 0 Å². The van der Waals surface area contributed by atoms with Crippen molar-refractivity contribution in [3.05, 3.63) is 53.6 Å². The molecule has 3 rings (SSSR count). The third-order valence-electron chi connectivity index (χ3n) is 2.90. The van der Waals surface area contributed by atoms with Crippen LogP contribution >= 0.6 is 0 Å². The zero-order valence-electron chi connectivity index (χ0n) is 11.5. The summed E-state index contributed by atoms with van der Waals surface area (Å²) in [5.41, 5.74) is 0.625. The molecule has 0 spiro atoms. The summed E-state index contributed by atoms with van der Waals surface area (Å²) in [5, 5.41) is 10.0. The molecule has 0 aliphatic rings. The number of aromatic amines is 1. The van der Waals surface area contributed by atoms with E-state index in [1.807, 2.05) is 0 Å². The van der Waals surface area contributed by atoms with E-state index in [1.54, 1.807) is 25.1 Å². The van der Waals surface area contributed by atoms with Crippen molar-refractivity contribution in [2.75, 3.05) is 0 Å². The highest BCUT2D eigenvalue weighted by atomic mass is 19.1. The lowest BCUT2D eigenvalue weighted by atomic mass is 10.1. The van der Waals surface area contributed by atoms with Crippen molar-refractivity contribution in [2.24, 2.45) is 0 Å². The van der Waals surface area contributed by atoms with Crippen molar-refractivity contribution in [3.63, 3.8) is 0 Å². The number of ether oxygens (including phenoxy) is 1. The maximum Gasteiger partial charge on any atom is 0.342 e. The summed E-state index contributed by atoms with van der Waals surface area (Å²) >= 11 is 0. The van der Waals surface area contributed by atoms with E-state index in [-0.39, 0.29) is 29.3 Å². The Bertz CT molecular complexity index is 812. The third kappa shape index (κ3) is 2.71. The molecule has 0 aliphatic heterocycles. The number of rotatable bonds is 4. The summed E-state index contributed by atoms with van der Waals surface area (Å²) < 4.78 is 23.7. The van der Waals surface area contributed by atoms with Gasteiger partial charge in [-0.2, -0.15) is 10.1 Å². The highest BCUT2D eigenvalue weighted by Gasteiger charge is 2.19. The minimum atomic E-state index is -0.658. The number of hydrogen-bond donors (Lipinski definition) is 1. The Morgan fingerprint density at radius 3 is 2.95 bits per heavy atom. The Morgan fingerprint density at radius 1 is 1.41 bits per heavy atom. The molecular weight excluding hydrogens is 291 g/mol. The minimum absolute atomic E-state index is 0.130. The van der Waals surface area contributed by atoms with Gasteiger partial charge in [-0.1, -0.05) is 17.3 Å². The van der Waals surface area contributed by atoms with Crippen LogP contribution in [0.2, 0.25) is 0 Å². The van der Waals surface area contributed by atoms with Gasteiger partial charge in [-0.25, -0.2) is 9.18 Å². The molecule has 112 valence electrons. The molecule has 2 aromatic heterocycles. The number of hydrogen-bond acceptors (Lipinski definition) is 6. The smallest absolute Gasteiger partial charge is 0.342 e. The van der Waals surface area contributed by atoms with Crippen LogP contribution in [0, 0.1) is 12.7 Å². The van der Waals surface area contributed by atoms with Gasteiger partial charge in [-0.05, 0) is 12.1 Å². The van der Waals surface area contributed by atoms with E-state index in [9.17, 15) is 9.18 Å². The lowest BCUT2D eigenvalue weighted by molar-refractivity contribution is 0.0460. The molecule has 0 atom stereocenters. The van der Waals surface area contributed by atoms with Crippen molar-refractivity contribution in [2.45, 2.75) is 13.5 Å². The lowest BCUT2D eigenvalue weighted by Crippen LogP contribution is -2.07. The fraction of sp³-hybridized carbons (Fsp3) is 0.143. The zero-order chi connectivity index (χ0) is 15.5. The number of benzene rings is 1. The molecule has 0 radical (unpaired) electrons. The highest BCUT2D eigenvalue weighted by molar-refractivity contribution is 5.95. The second kappa shape index (κ2) is 5.76. The molecule has 0 aliphatic carbocycles. The molecule has 0 fully saturated rings. The van der Waals surface area contributed by atoms with Gasteiger partial charge in [-0.3, -0.25) is 5.10 Å². The number of nitrogens with one attached hydrogen (secondary N) is 1. The summed E-state index contributed by atoms with van der Waals surface area (Å²) in [6.07, 6.45) is 1.28. The molecule has 3 aromatic rings. The highest BCUT2D eigenvalue weighted by Crippen LogP contribution is 2.24. The van der Waals surface area contributed by atoms with Crippen LogP contribution in [0.4, 0.5) is 4.39 Å². The Balaban J connectivity index is 1.79. The summed E-state index contributed by atoms with van der Waals surface area (Å²) in [6, 6.07) is 6.07. The first-order chi connectivity index (χ1) is 10.6. The molecule has 2 heterocycles. The first-order valence-electron chi connectivity index (χ1n) is 6.39. The average molecular weight is 302 g/mol. The van der Waals surface area contributed by atoms with Gasteiger partial charge in [0.15, 0.2) is 6.61 Å². The lowest BCUT2D eigenvalue weighted by Gasteiger charge is -2.04. The predicted octanol–water partition coefficient (Wildman–Crippen LogP) is 2.26. The maximum absolute atomic E-state index is 13.8. The SMILES string of the molecule is Cc1nc(COC(=O)c2cn[nH]c2-c2ccccc2F)no1. The van der Waals surface area contributed by atoms with E-state index in [2.05, 4.69) is 20.3 Å². The van der Waals surface area contributed by atoms with Crippen molar-refractivity contribution >= 4 is 5.97 Å². The van der Waals surface area contributed by atoms with Gasteiger partial charge >= 0.3 is 5.97 Å². The van der Waals surface area contributed by atoms with Crippen LogP contribution in [0.1, 0.15) is 22.1 Å². The van der Waals surface area contributed by atoms with Gasteiger partial charge in [0.2, 0.25) is 11.7 Å². The van der Waals surface area contributed by atoms with Gasteiger partial charge in [0.1, 0.15) is 11.4 Å². The Labute approximate surface area is 124 Å². The number of halogens is 1. The summed E-state index contributed by atoms with van der Waals surface area (Å²) in [4.78, 5) is 16.0. The summed E-state index contributed by atoms with van der Waals surface area (Å²) in [5.74, 6) is -0.493. The summed E-state index contributed by atoms with van der Waals surface area (Å²) in [6.45, 7) is 1.49. The van der Waals surface area contributed by atoms with Crippen LogP contribution in [0.5, 0.6) is 0 Å². The van der Waals surface area contributed by atoms with E-state index in [1.165, 1.54) is 12.3 Å². The average Bonchev–Trinajstić information content (AvgIpc) is 3.14. The second-order valence-electron chi connectivity index (χ2n) is 4.44. The molecule has 0 saturated heterocycles. The Kier molecular flexibility index (Phi) is 3.65. The minimum Gasteiger partial charge on any atom is -0.454 e. The van der Waals surface area contributed by atoms with E-state index in [0.29, 0.717) is 5.89 Å². The molecule has 7 nitrogen and oxygen atoms in total. The van der Waals surface area contributed by atoms with Crippen molar-refractivity contribution < 1.29 is 18.4 Å². The van der Waals surface area contributed by atoms with Gasteiger partial charge in [0.25, 0.3) is 0 Å². The first kappa shape index (κ1) is 13.9. The van der Waals surface area contributed by atoms with Crippen LogP contribution in [0.15, 0.2) is 35.0 Å². The Morgan fingerprint density at radius 2 is 2.23 bits per heavy atom. The zero-order valence-corrected chi connectivity index (χ0v) is 11.5. The molecular formula is C14H11FN4O3. The van der Waals surface area contributed by atoms with Gasteiger partial charge in [0.05, 0.1) is 11.9 Å². The van der Waals surface area contributed by atoms with E-state index in [4.69, 9.17) is 9.26 Å². The molecule has 1 aromatic carbocycles. The van der Waals surface area contributed by atoms with Gasteiger partial charge < -0.3 is 9.26 Å². The largest absolute Gasteiger partial charge is 0.454 e. The van der Waals surface area contributed by atoms with Gasteiger partial charge in [0, 0.05) is 12.5 Å². The molecule has 22 heavy (non-hydrogen) atoms. The van der Waals surface area contributed by atoms with Crippen LogP contribution in [-0.2, 0) is 11.3 Å². The predicted molar refractivity (Wildman–Crippen MR) is 72.1 cm³/mol. The Hall–Kier alpha value is -3.03. The molecule has 0 unspecified atom stereocenters. The quantitative estimate of drug-likeness (QED) is 0.743. The van der Waals surface area contributed by atoms with E-state index in [0.717, 1.165) is 0 Å². The number of nitrogens with zero attached hydrogens (tertiary/aromatic N) is 3.